The Hall–Kier alpha value is -2.91. The number of carbonyl (C=O) groups is 1. The molecule has 1 heterocycles. The number of sulfone groups is 1. The molecule has 0 bridgehead atoms. The third-order valence-electron chi connectivity index (χ3n) is 7.50. The minimum Gasteiger partial charge on any atom is -0.497 e. The van der Waals surface area contributed by atoms with Gasteiger partial charge in [0.25, 0.3) is 0 Å². The van der Waals surface area contributed by atoms with E-state index in [4.69, 9.17) is 9.47 Å². The molecule has 0 spiro atoms. The van der Waals surface area contributed by atoms with Gasteiger partial charge in [-0.25, -0.2) is 8.42 Å². The molecule has 2 atom stereocenters. The van der Waals surface area contributed by atoms with E-state index in [2.05, 4.69) is 10.3 Å². The second-order valence-corrected chi connectivity index (χ2v) is 12.4. The van der Waals surface area contributed by atoms with E-state index in [0.717, 1.165) is 49.3 Å². The molecule has 0 aromatic heterocycles. The summed E-state index contributed by atoms with van der Waals surface area (Å²) in [5, 5.41) is 2.74. The Morgan fingerprint density at radius 2 is 1.79 bits per heavy atom. The number of ether oxygens (including phenoxy) is 2. The third-order valence-corrected chi connectivity index (χ3v) is 10.1. The average Bonchev–Trinajstić information content (AvgIpc) is 3.44. The standard InChI is InChI=1S/C29H39N3O5S/c1-20-15-25(36-4)16-21(2)28(20)38(34,35)26-8-6-5-7-24(26)18-37-19-27(33)32(3)17-22-9-11-23(12-10-22)29-30-13-14-31-29/h9-12,15-16,24,26H,5-8,13-14,17-19H2,1-4H3,(H,30,31). The highest BCUT2D eigenvalue weighted by atomic mass is 32.2. The van der Waals surface area contributed by atoms with Crippen LogP contribution < -0.4 is 10.1 Å². The lowest BCUT2D eigenvalue weighted by Gasteiger charge is -2.32. The maximum absolute atomic E-state index is 13.8. The van der Waals surface area contributed by atoms with Crippen LogP contribution in [0.1, 0.15) is 47.9 Å². The summed E-state index contributed by atoms with van der Waals surface area (Å²) in [6, 6.07) is 11.6. The van der Waals surface area contributed by atoms with Gasteiger partial charge in [-0.2, -0.15) is 0 Å². The number of benzene rings is 2. The van der Waals surface area contributed by atoms with Crippen LogP contribution in [0.5, 0.6) is 5.75 Å². The molecule has 0 radical (unpaired) electrons. The Morgan fingerprint density at radius 3 is 2.42 bits per heavy atom. The average molecular weight is 542 g/mol. The molecule has 0 saturated heterocycles. The summed E-state index contributed by atoms with van der Waals surface area (Å²) in [6.07, 6.45) is 3.21. The van der Waals surface area contributed by atoms with Crippen LogP contribution in [0.15, 0.2) is 46.3 Å². The number of likely N-dealkylation sites (N-methyl/N-ethyl adjacent to an activating group) is 1. The summed E-state index contributed by atoms with van der Waals surface area (Å²) >= 11 is 0. The van der Waals surface area contributed by atoms with E-state index in [9.17, 15) is 13.2 Å². The zero-order chi connectivity index (χ0) is 27.3. The van der Waals surface area contributed by atoms with Gasteiger partial charge in [-0.05, 0) is 61.4 Å². The molecule has 1 aliphatic heterocycles. The minimum atomic E-state index is -3.56. The highest BCUT2D eigenvalue weighted by Gasteiger charge is 2.38. The Kier molecular flexibility index (Phi) is 9.10. The van der Waals surface area contributed by atoms with Gasteiger partial charge < -0.3 is 19.7 Å². The summed E-state index contributed by atoms with van der Waals surface area (Å²) in [4.78, 5) is 19.2. The third kappa shape index (κ3) is 6.38. The summed E-state index contributed by atoms with van der Waals surface area (Å²) in [7, 11) is -0.224. The number of carbonyl (C=O) groups excluding carboxylic acids is 1. The number of rotatable bonds is 10. The number of aryl methyl sites for hydroxylation is 2. The number of nitrogens with one attached hydrogen (secondary N) is 1. The molecular weight excluding hydrogens is 502 g/mol. The van der Waals surface area contributed by atoms with Crippen molar-refractivity contribution >= 4 is 21.6 Å². The summed E-state index contributed by atoms with van der Waals surface area (Å²) in [5.41, 5.74) is 3.46. The van der Waals surface area contributed by atoms with Gasteiger partial charge in [-0.1, -0.05) is 37.1 Å². The number of methoxy groups -OCH3 is 1. The zero-order valence-corrected chi connectivity index (χ0v) is 23.6. The van der Waals surface area contributed by atoms with E-state index in [0.29, 0.717) is 34.7 Å². The first-order chi connectivity index (χ1) is 18.2. The quantitative estimate of drug-likeness (QED) is 0.493. The van der Waals surface area contributed by atoms with Gasteiger partial charge in [-0.15, -0.1) is 0 Å². The lowest BCUT2D eigenvalue weighted by Crippen LogP contribution is -2.37. The van der Waals surface area contributed by atoms with Crippen LogP contribution >= 0.6 is 0 Å². The molecule has 2 aromatic carbocycles. The molecule has 1 saturated carbocycles. The maximum atomic E-state index is 13.8. The molecule has 8 nitrogen and oxygen atoms in total. The van der Waals surface area contributed by atoms with Crippen molar-refractivity contribution in [3.8, 4) is 5.75 Å². The van der Waals surface area contributed by atoms with Gasteiger partial charge in [0.2, 0.25) is 5.91 Å². The normalized spacial score (nSPS) is 19.5. The van der Waals surface area contributed by atoms with Crippen LogP contribution in [0.25, 0.3) is 0 Å². The molecule has 1 aliphatic carbocycles. The monoisotopic (exact) mass is 541 g/mol. The van der Waals surface area contributed by atoms with Gasteiger partial charge >= 0.3 is 0 Å². The van der Waals surface area contributed by atoms with Crippen molar-refractivity contribution in [1.82, 2.24) is 10.2 Å². The van der Waals surface area contributed by atoms with Gasteiger partial charge in [-0.3, -0.25) is 9.79 Å². The van der Waals surface area contributed by atoms with Gasteiger partial charge in [0.15, 0.2) is 9.84 Å². The molecule has 2 aromatic rings. The molecule has 38 heavy (non-hydrogen) atoms. The summed E-state index contributed by atoms with van der Waals surface area (Å²) in [5.74, 6) is 1.29. The van der Waals surface area contributed by atoms with Crippen molar-refractivity contribution in [2.75, 3.05) is 40.5 Å². The van der Waals surface area contributed by atoms with Crippen molar-refractivity contribution < 1.29 is 22.7 Å². The molecule has 1 fully saturated rings. The smallest absolute Gasteiger partial charge is 0.248 e. The van der Waals surface area contributed by atoms with Crippen molar-refractivity contribution in [2.45, 2.75) is 56.2 Å². The number of aliphatic imine (C=N–C) groups is 1. The van der Waals surface area contributed by atoms with E-state index < -0.39 is 15.1 Å². The molecule has 9 heteroatoms. The number of hydrogen-bond acceptors (Lipinski definition) is 7. The second-order valence-electron chi connectivity index (χ2n) is 10.3. The van der Waals surface area contributed by atoms with Gasteiger partial charge in [0.05, 0.1) is 30.4 Å². The summed E-state index contributed by atoms with van der Waals surface area (Å²) < 4.78 is 38.7. The first-order valence-corrected chi connectivity index (χ1v) is 14.8. The fourth-order valence-corrected chi connectivity index (χ4v) is 8.05. The molecule has 2 aliphatic rings. The van der Waals surface area contributed by atoms with Crippen molar-refractivity contribution in [1.29, 1.82) is 0 Å². The maximum Gasteiger partial charge on any atom is 0.248 e. The van der Waals surface area contributed by atoms with E-state index in [-0.39, 0.29) is 25.0 Å². The molecule has 206 valence electrons. The highest BCUT2D eigenvalue weighted by Crippen LogP contribution is 2.37. The number of amidine groups is 1. The Labute approximate surface area is 226 Å². The van der Waals surface area contributed by atoms with E-state index in [1.807, 2.05) is 38.1 Å². The highest BCUT2D eigenvalue weighted by molar-refractivity contribution is 7.92. The molecule has 2 unspecified atom stereocenters. The van der Waals surface area contributed by atoms with Crippen LogP contribution in [0.3, 0.4) is 0 Å². The van der Waals surface area contributed by atoms with Crippen LogP contribution in [0, 0.1) is 19.8 Å². The topological polar surface area (TPSA) is 97.3 Å². The van der Waals surface area contributed by atoms with E-state index >= 15 is 0 Å². The largest absolute Gasteiger partial charge is 0.497 e. The van der Waals surface area contributed by atoms with Gasteiger partial charge in [0, 0.05) is 25.7 Å². The summed E-state index contributed by atoms with van der Waals surface area (Å²) in [6.45, 7) is 5.95. The molecule has 4 rings (SSSR count). The molecule has 1 N–H and O–H groups in total. The number of nitrogens with zero attached hydrogens (tertiary/aromatic N) is 2. The fraction of sp³-hybridized carbons (Fsp3) is 0.517. The van der Waals surface area contributed by atoms with Crippen molar-refractivity contribution in [3.05, 3.63) is 58.7 Å². The van der Waals surface area contributed by atoms with Gasteiger partial charge in [0.1, 0.15) is 18.2 Å². The van der Waals surface area contributed by atoms with Crippen LogP contribution in [0.2, 0.25) is 0 Å². The van der Waals surface area contributed by atoms with Crippen molar-refractivity contribution in [2.24, 2.45) is 10.9 Å². The zero-order valence-electron chi connectivity index (χ0n) is 22.8. The van der Waals surface area contributed by atoms with E-state index in [1.165, 1.54) is 0 Å². The van der Waals surface area contributed by atoms with Crippen LogP contribution in [0.4, 0.5) is 0 Å². The first kappa shape index (κ1) is 28.1. The Balaban J connectivity index is 1.34. The molecular formula is C29H39N3O5S. The number of amides is 1. The van der Waals surface area contributed by atoms with E-state index in [1.54, 1.807) is 31.2 Å². The SMILES string of the molecule is COc1cc(C)c(S(=O)(=O)C2CCCCC2COCC(=O)N(C)Cc2ccc(C3=NCCN3)cc2)c(C)c1. The van der Waals surface area contributed by atoms with Crippen molar-refractivity contribution in [3.63, 3.8) is 0 Å². The Morgan fingerprint density at radius 1 is 1.11 bits per heavy atom. The predicted octanol–water partition coefficient (Wildman–Crippen LogP) is 3.67. The van der Waals surface area contributed by atoms with Crippen LogP contribution in [-0.4, -0.2) is 70.8 Å². The Bertz CT molecular complexity index is 1250. The minimum absolute atomic E-state index is 0.0703. The first-order valence-electron chi connectivity index (χ1n) is 13.3. The predicted molar refractivity (Wildman–Crippen MR) is 149 cm³/mol. The molecule has 1 amide bonds. The second kappa shape index (κ2) is 12.3. The lowest BCUT2D eigenvalue weighted by atomic mass is 9.89. The van der Waals surface area contributed by atoms with Crippen LogP contribution in [-0.2, 0) is 25.9 Å². The fourth-order valence-electron chi connectivity index (χ4n) is 5.53. The number of hydrogen-bond donors (Lipinski definition) is 1. The lowest BCUT2D eigenvalue weighted by molar-refractivity contribution is -0.135.